The van der Waals surface area contributed by atoms with E-state index in [0.29, 0.717) is 36.5 Å². The average Bonchev–Trinajstić information content (AvgIpc) is 3.18. The van der Waals surface area contributed by atoms with E-state index >= 15 is 0 Å². The number of hydrogen-bond acceptors (Lipinski definition) is 6. The van der Waals surface area contributed by atoms with Gasteiger partial charge in [-0.1, -0.05) is 11.6 Å². The van der Waals surface area contributed by atoms with E-state index in [0.717, 1.165) is 4.90 Å². The summed E-state index contributed by atoms with van der Waals surface area (Å²) in [5, 5.41) is 14.2. The molecule has 1 amide bonds. The Bertz CT molecular complexity index is 1060. The highest BCUT2D eigenvalue weighted by Gasteiger charge is 2.42. The van der Waals surface area contributed by atoms with Crippen LogP contribution in [0.25, 0.3) is 0 Å². The lowest BCUT2D eigenvalue weighted by Crippen LogP contribution is -2.50. The number of aliphatic hydroxyl groups is 1. The maximum Gasteiger partial charge on any atom is 0.433 e. The molecule has 2 N–H and O–H groups in total. The van der Waals surface area contributed by atoms with E-state index in [1.807, 2.05) is 0 Å². The first kappa shape index (κ1) is 26.4. The molecule has 14 heteroatoms. The predicted molar refractivity (Wildman–Crippen MR) is 118 cm³/mol. The highest BCUT2D eigenvalue weighted by atomic mass is 35.5. The van der Waals surface area contributed by atoms with Crippen LogP contribution in [-0.2, 0) is 12.4 Å². The first-order valence-electron chi connectivity index (χ1n) is 11.1. The molecule has 0 saturated carbocycles. The van der Waals surface area contributed by atoms with Gasteiger partial charge in [0.15, 0.2) is 11.4 Å². The summed E-state index contributed by atoms with van der Waals surface area (Å²) < 4.78 is 78.8. The number of piperidine rings is 1. The second kappa shape index (κ2) is 10.0. The summed E-state index contributed by atoms with van der Waals surface area (Å²) in [5.74, 6) is -0.886. The number of carbonyl (C=O) groups excluding carboxylic acids is 1. The van der Waals surface area contributed by atoms with Crippen LogP contribution in [0.15, 0.2) is 30.3 Å². The van der Waals surface area contributed by atoms with E-state index in [1.165, 1.54) is 0 Å². The van der Waals surface area contributed by atoms with Crippen molar-refractivity contribution in [1.29, 1.82) is 0 Å². The Kier molecular flexibility index (Phi) is 7.35. The first-order valence-corrected chi connectivity index (χ1v) is 11.5. The number of carbonyl (C=O) groups is 1. The van der Waals surface area contributed by atoms with Crippen LogP contribution in [-0.4, -0.2) is 70.2 Å². The van der Waals surface area contributed by atoms with Crippen molar-refractivity contribution in [3.05, 3.63) is 52.3 Å². The molecule has 0 aliphatic carbocycles. The fourth-order valence-corrected chi connectivity index (χ4v) is 4.43. The lowest BCUT2D eigenvalue weighted by Gasteiger charge is -2.34. The van der Waals surface area contributed by atoms with E-state index in [2.05, 4.69) is 15.3 Å². The molecule has 0 radical (unpaired) electrons. The van der Waals surface area contributed by atoms with Gasteiger partial charge in [0.2, 0.25) is 5.95 Å². The average molecular weight is 538 g/mol. The van der Waals surface area contributed by atoms with E-state index in [9.17, 15) is 36.2 Å². The van der Waals surface area contributed by atoms with Gasteiger partial charge in [0, 0.05) is 42.8 Å². The number of aliphatic hydroxyl groups excluding tert-OH is 1. The van der Waals surface area contributed by atoms with Crippen molar-refractivity contribution in [2.75, 3.05) is 31.1 Å². The molecule has 1 unspecified atom stereocenters. The van der Waals surface area contributed by atoms with Crippen molar-refractivity contribution >= 4 is 23.5 Å². The SMILES string of the molecule is O=C(c1ccc(Cl)cc1)N1CCC(NC2CN(c3nc(C(F)(F)F)cc(C(F)(F)F)n3)C[C@H]2O)CC1. The van der Waals surface area contributed by atoms with Crippen molar-refractivity contribution in [3.8, 4) is 0 Å². The number of rotatable bonds is 4. The topological polar surface area (TPSA) is 81.6 Å². The lowest BCUT2D eigenvalue weighted by molar-refractivity contribution is -0.147. The van der Waals surface area contributed by atoms with Gasteiger partial charge in [0.1, 0.15) is 0 Å². The fraction of sp³-hybridized carbons (Fsp3) is 0.500. The minimum Gasteiger partial charge on any atom is -0.390 e. The monoisotopic (exact) mass is 537 g/mol. The van der Waals surface area contributed by atoms with E-state index in [4.69, 9.17) is 11.6 Å². The quantitative estimate of drug-likeness (QED) is 0.580. The molecule has 1 aromatic heterocycles. The summed E-state index contributed by atoms with van der Waals surface area (Å²) in [4.78, 5) is 22.0. The Morgan fingerprint density at radius 3 is 2.06 bits per heavy atom. The van der Waals surface area contributed by atoms with Crippen molar-refractivity contribution in [2.24, 2.45) is 0 Å². The Hall–Kier alpha value is -2.64. The van der Waals surface area contributed by atoms with Gasteiger partial charge in [-0.15, -0.1) is 0 Å². The van der Waals surface area contributed by atoms with Crippen molar-refractivity contribution < 1.29 is 36.2 Å². The maximum absolute atomic E-state index is 13.1. The van der Waals surface area contributed by atoms with Gasteiger partial charge < -0.3 is 20.2 Å². The van der Waals surface area contributed by atoms with Crippen molar-refractivity contribution in [2.45, 2.75) is 43.4 Å². The molecule has 2 fully saturated rings. The number of amides is 1. The third kappa shape index (κ3) is 6.01. The van der Waals surface area contributed by atoms with Crippen LogP contribution in [0.5, 0.6) is 0 Å². The highest BCUT2D eigenvalue weighted by Crippen LogP contribution is 2.35. The molecule has 1 aromatic carbocycles. The normalized spacial score (nSPS) is 21.8. The molecular weight excluding hydrogens is 516 g/mol. The number of hydrogen-bond donors (Lipinski definition) is 2. The van der Waals surface area contributed by atoms with Crippen molar-refractivity contribution in [1.82, 2.24) is 20.2 Å². The van der Waals surface area contributed by atoms with Crippen LogP contribution >= 0.6 is 11.6 Å². The van der Waals surface area contributed by atoms with E-state index in [-0.39, 0.29) is 31.1 Å². The summed E-state index contributed by atoms with van der Waals surface area (Å²) in [7, 11) is 0. The van der Waals surface area contributed by atoms with Gasteiger partial charge in [-0.05, 0) is 43.2 Å². The molecule has 36 heavy (non-hydrogen) atoms. The molecule has 0 spiro atoms. The van der Waals surface area contributed by atoms with Gasteiger partial charge in [-0.25, -0.2) is 9.97 Å². The second-order valence-electron chi connectivity index (χ2n) is 8.75. The molecule has 2 aliphatic heterocycles. The van der Waals surface area contributed by atoms with E-state index in [1.54, 1.807) is 29.2 Å². The first-order chi connectivity index (χ1) is 16.8. The number of β-amino-alcohol motifs (C(OH)–C–C–N with tert-alkyl or cyclic N) is 1. The van der Waals surface area contributed by atoms with Gasteiger partial charge in [0.05, 0.1) is 12.1 Å². The number of nitrogens with zero attached hydrogens (tertiary/aromatic N) is 4. The largest absolute Gasteiger partial charge is 0.433 e. The molecule has 196 valence electrons. The molecule has 4 rings (SSSR count). The van der Waals surface area contributed by atoms with Crippen LogP contribution in [0.2, 0.25) is 5.02 Å². The molecule has 2 aromatic rings. The second-order valence-corrected chi connectivity index (χ2v) is 9.19. The predicted octanol–water partition coefficient (Wildman–Crippen LogP) is 3.61. The molecule has 2 saturated heterocycles. The minimum atomic E-state index is -5.09. The van der Waals surface area contributed by atoms with Gasteiger partial charge >= 0.3 is 12.4 Å². The van der Waals surface area contributed by atoms with E-state index < -0.39 is 41.8 Å². The summed E-state index contributed by atoms with van der Waals surface area (Å²) in [6.45, 7) is 0.572. The van der Waals surface area contributed by atoms with Crippen LogP contribution in [0.3, 0.4) is 0 Å². The third-order valence-electron chi connectivity index (χ3n) is 6.19. The number of benzene rings is 1. The van der Waals surface area contributed by atoms with Gasteiger partial charge in [-0.3, -0.25) is 4.79 Å². The molecule has 2 atom stereocenters. The Balaban J connectivity index is 1.38. The Labute approximate surface area is 207 Å². The summed E-state index contributed by atoms with van der Waals surface area (Å²) in [6, 6.07) is 5.67. The summed E-state index contributed by atoms with van der Waals surface area (Å²) in [6.07, 6.45) is -10.1. The number of aromatic nitrogens is 2. The van der Waals surface area contributed by atoms with Gasteiger partial charge in [-0.2, -0.15) is 26.3 Å². The Morgan fingerprint density at radius 2 is 1.53 bits per heavy atom. The number of anilines is 1. The van der Waals surface area contributed by atoms with Gasteiger partial charge in [0.25, 0.3) is 5.91 Å². The molecular formula is C22H22ClF6N5O2. The number of likely N-dealkylation sites (tertiary alicyclic amines) is 1. The van der Waals surface area contributed by atoms with Crippen LogP contribution in [0.4, 0.5) is 32.3 Å². The maximum atomic E-state index is 13.1. The standard InChI is InChI=1S/C22H22ClF6N5O2/c23-13-3-1-12(2-4-13)19(36)33-7-5-14(6-8-33)30-15-10-34(11-16(15)35)20-31-17(21(24,25)26)9-18(32-20)22(27,28)29/h1-4,9,14-16,30,35H,5-8,10-11H2/t15?,16-/m1/s1. The zero-order valence-electron chi connectivity index (χ0n) is 18.7. The van der Waals surface area contributed by atoms with Crippen LogP contribution in [0, 0.1) is 0 Å². The summed E-state index contributed by atoms with van der Waals surface area (Å²) >= 11 is 5.85. The molecule has 7 nitrogen and oxygen atoms in total. The van der Waals surface area contributed by atoms with Crippen LogP contribution in [0.1, 0.15) is 34.6 Å². The zero-order valence-corrected chi connectivity index (χ0v) is 19.4. The Morgan fingerprint density at radius 1 is 0.972 bits per heavy atom. The third-order valence-corrected chi connectivity index (χ3v) is 6.44. The lowest BCUT2D eigenvalue weighted by atomic mass is 10.0. The number of nitrogens with one attached hydrogen (secondary N) is 1. The fourth-order valence-electron chi connectivity index (χ4n) is 4.31. The number of alkyl halides is 6. The molecule has 2 aliphatic rings. The minimum absolute atomic E-state index is 0.0797. The smallest absolute Gasteiger partial charge is 0.390 e. The molecule has 0 bridgehead atoms. The summed E-state index contributed by atoms with van der Waals surface area (Å²) in [5.41, 5.74) is -2.90. The van der Waals surface area contributed by atoms with Crippen LogP contribution < -0.4 is 10.2 Å². The van der Waals surface area contributed by atoms with Crippen molar-refractivity contribution in [3.63, 3.8) is 0 Å². The zero-order chi connectivity index (χ0) is 26.3. The number of halogens is 7. The molecule has 3 heterocycles. The highest BCUT2D eigenvalue weighted by molar-refractivity contribution is 6.30.